The van der Waals surface area contributed by atoms with Crippen molar-refractivity contribution in [2.75, 3.05) is 5.75 Å². The summed E-state index contributed by atoms with van der Waals surface area (Å²) in [4.78, 5) is 13.4. The number of nitrogens with zero attached hydrogens (tertiary/aromatic N) is 1. The lowest BCUT2D eigenvalue weighted by Gasteiger charge is -2.20. The van der Waals surface area contributed by atoms with Crippen molar-refractivity contribution in [3.8, 4) is 0 Å². The number of rotatable bonds is 1. The first-order valence-corrected chi connectivity index (χ1v) is 4.88. The van der Waals surface area contributed by atoms with Crippen molar-refractivity contribution in [3.05, 3.63) is 0 Å². The lowest BCUT2D eigenvalue weighted by atomic mass is 10.0. The van der Waals surface area contributed by atoms with E-state index in [0.717, 1.165) is 0 Å². The molecule has 62 valence electrons. The zero-order chi connectivity index (χ0) is 7.84. The van der Waals surface area contributed by atoms with Crippen LogP contribution in [0.25, 0.3) is 0 Å². The Morgan fingerprint density at radius 1 is 1.27 bits per heavy atom. The van der Waals surface area contributed by atoms with E-state index in [4.69, 9.17) is 0 Å². The number of thiol groups is 1. The van der Waals surface area contributed by atoms with Gasteiger partial charge in [0, 0.05) is 12.1 Å². The van der Waals surface area contributed by atoms with Gasteiger partial charge >= 0.3 is 0 Å². The molecule has 0 radical (unpaired) electrons. The summed E-state index contributed by atoms with van der Waals surface area (Å²) in [5.74, 6) is 0.617. The smallest absolute Gasteiger partial charge is 0.232 e. The molecule has 0 N–H and O–H groups in total. The highest BCUT2D eigenvalue weighted by molar-refractivity contribution is 7.81. The Morgan fingerprint density at radius 3 is 2.09 bits per heavy atom. The van der Waals surface area contributed by atoms with Crippen molar-refractivity contribution < 1.29 is 4.79 Å². The molecule has 2 rings (SSSR count). The summed E-state index contributed by atoms with van der Waals surface area (Å²) in [6.07, 6.45) is 4.91. The predicted octanol–water partition coefficient (Wildman–Crippen LogP) is 1.07. The molecule has 2 saturated heterocycles. The molecule has 0 atom stereocenters. The van der Waals surface area contributed by atoms with E-state index in [1.165, 1.54) is 25.7 Å². The molecule has 2 aliphatic heterocycles. The molecule has 0 aliphatic carbocycles. The second kappa shape index (κ2) is 2.70. The predicted molar refractivity (Wildman–Crippen MR) is 46.7 cm³/mol. The number of carbonyl (C=O) groups excluding carboxylic acids is 1. The van der Waals surface area contributed by atoms with Crippen LogP contribution in [0.1, 0.15) is 25.7 Å². The zero-order valence-corrected chi connectivity index (χ0v) is 7.39. The van der Waals surface area contributed by atoms with Gasteiger partial charge in [0.05, 0.1) is 5.75 Å². The maximum Gasteiger partial charge on any atom is 0.232 e. The summed E-state index contributed by atoms with van der Waals surface area (Å²) in [7, 11) is 0. The Balaban J connectivity index is 2.09. The van der Waals surface area contributed by atoms with Crippen molar-refractivity contribution in [2.45, 2.75) is 37.8 Å². The quantitative estimate of drug-likeness (QED) is 0.585. The first kappa shape index (κ1) is 7.47. The maximum absolute atomic E-state index is 11.3. The van der Waals surface area contributed by atoms with E-state index < -0.39 is 0 Å². The Morgan fingerprint density at radius 2 is 1.73 bits per heavy atom. The fourth-order valence-electron chi connectivity index (χ4n) is 2.40. The van der Waals surface area contributed by atoms with E-state index in [1.54, 1.807) is 0 Å². The van der Waals surface area contributed by atoms with Gasteiger partial charge in [-0.05, 0) is 25.7 Å². The Labute approximate surface area is 72.4 Å². The van der Waals surface area contributed by atoms with Crippen LogP contribution < -0.4 is 0 Å². The topological polar surface area (TPSA) is 20.3 Å². The van der Waals surface area contributed by atoms with Crippen LogP contribution in [0.2, 0.25) is 0 Å². The molecule has 3 heteroatoms. The van der Waals surface area contributed by atoms with Crippen molar-refractivity contribution >= 4 is 18.5 Å². The summed E-state index contributed by atoms with van der Waals surface area (Å²) >= 11 is 4.01. The summed E-state index contributed by atoms with van der Waals surface area (Å²) < 4.78 is 0. The molecule has 2 heterocycles. The van der Waals surface area contributed by atoms with Gasteiger partial charge in [-0.2, -0.15) is 12.6 Å². The average molecular weight is 171 g/mol. The van der Waals surface area contributed by atoms with E-state index in [2.05, 4.69) is 17.5 Å². The molecular formula is C8H13NOS. The summed E-state index contributed by atoms with van der Waals surface area (Å²) in [5.41, 5.74) is 0. The van der Waals surface area contributed by atoms with Crippen LogP contribution in [-0.2, 0) is 4.79 Å². The normalized spacial score (nSPS) is 34.8. The minimum Gasteiger partial charge on any atom is -0.336 e. The monoisotopic (exact) mass is 171 g/mol. The van der Waals surface area contributed by atoms with Gasteiger partial charge in [-0.3, -0.25) is 4.79 Å². The molecule has 0 aromatic carbocycles. The van der Waals surface area contributed by atoms with Crippen molar-refractivity contribution in [2.24, 2.45) is 0 Å². The molecule has 0 unspecified atom stereocenters. The second-order valence-electron chi connectivity index (χ2n) is 3.42. The first-order chi connectivity index (χ1) is 5.33. The molecule has 0 spiro atoms. The van der Waals surface area contributed by atoms with Crippen LogP contribution in [0, 0.1) is 0 Å². The third-order valence-corrected chi connectivity index (χ3v) is 3.15. The summed E-state index contributed by atoms with van der Waals surface area (Å²) in [6, 6.07) is 1.14. The van der Waals surface area contributed by atoms with E-state index >= 15 is 0 Å². The van der Waals surface area contributed by atoms with Gasteiger partial charge in [0.25, 0.3) is 0 Å². The van der Waals surface area contributed by atoms with E-state index in [-0.39, 0.29) is 5.91 Å². The highest BCUT2D eigenvalue weighted by Gasteiger charge is 2.41. The number of carbonyl (C=O) groups is 1. The molecular weight excluding hydrogens is 158 g/mol. The summed E-state index contributed by atoms with van der Waals surface area (Å²) in [6.45, 7) is 0. The van der Waals surface area contributed by atoms with Crippen LogP contribution in [-0.4, -0.2) is 28.6 Å². The highest BCUT2D eigenvalue weighted by atomic mass is 32.1. The molecule has 11 heavy (non-hydrogen) atoms. The largest absolute Gasteiger partial charge is 0.336 e. The molecule has 2 bridgehead atoms. The van der Waals surface area contributed by atoms with E-state index in [1.807, 2.05) is 0 Å². The van der Waals surface area contributed by atoms with Crippen LogP contribution in [0.15, 0.2) is 0 Å². The van der Waals surface area contributed by atoms with Gasteiger partial charge < -0.3 is 4.90 Å². The molecule has 1 amide bonds. The van der Waals surface area contributed by atoms with Gasteiger partial charge in [0.1, 0.15) is 0 Å². The van der Waals surface area contributed by atoms with Crippen LogP contribution in [0.3, 0.4) is 0 Å². The van der Waals surface area contributed by atoms with Crippen molar-refractivity contribution in [1.82, 2.24) is 4.90 Å². The number of amides is 1. The molecule has 2 nitrogen and oxygen atoms in total. The first-order valence-electron chi connectivity index (χ1n) is 4.25. The standard InChI is InChI=1S/C8H13NOS/c10-8(5-11)9-6-1-2-7(9)4-3-6/h6-7,11H,1-5H2. The Kier molecular flexibility index (Phi) is 1.83. The highest BCUT2D eigenvalue weighted by Crippen LogP contribution is 2.37. The average Bonchev–Trinajstić information content (AvgIpc) is 2.61. The molecule has 0 saturated carbocycles. The fraction of sp³-hybridized carbons (Fsp3) is 0.875. The number of hydrogen-bond acceptors (Lipinski definition) is 2. The third kappa shape index (κ3) is 1.06. The van der Waals surface area contributed by atoms with Gasteiger partial charge in [0.15, 0.2) is 0 Å². The SMILES string of the molecule is O=C(CS)N1C2CCC1CC2. The maximum atomic E-state index is 11.3. The van der Waals surface area contributed by atoms with Gasteiger partial charge in [-0.25, -0.2) is 0 Å². The third-order valence-electron chi connectivity index (χ3n) is 2.88. The minimum absolute atomic E-state index is 0.235. The molecule has 0 aromatic rings. The number of fused-ring (bicyclic) bond motifs is 2. The van der Waals surface area contributed by atoms with Crippen LogP contribution in [0.5, 0.6) is 0 Å². The zero-order valence-electron chi connectivity index (χ0n) is 6.49. The van der Waals surface area contributed by atoms with Crippen LogP contribution >= 0.6 is 12.6 Å². The lowest BCUT2D eigenvalue weighted by molar-refractivity contribution is -0.129. The van der Waals surface area contributed by atoms with E-state index in [0.29, 0.717) is 17.8 Å². The van der Waals surface area contributed by atoms with Gasteiger partial charge in [-0.15, -0.1) is 0 Å². The minimum atomic E-state index is 0.235. The van der Waals surface area contributed by atoms with Gasteiger partial charge in [0.2, 0.25) is 5.91 Å². The fourth-order valence-corrected chi connectivity index (χ4v) is 2.56. The van der Waals surface area contributed by atoms with Crippen molar-refractivity contribution in [3.63, 3.8) is 0 Å². The lowest BCUT2D eigenvalue weighted by Crippen LogP contribution is -2.35. The molecule has 0 aromatic heterocycles. The Hall–Kier alpha value is -0.180. The molecule has 2 fully saturated rings. The molecule has 2 aliphatic rings. The van der Waals surface area contributed by atoms with Gasteiger partial charge in [-0.1, -0.05) is 0 Å². The summed E-state index contributed by atoms with van der Waals surface area (Å²) in [5, 5.41) is 0. The number of hydrogen-bond donors (Lipinski definition) is 1. The second-order valence-corrected chi connectivity index (χ2v) is 3.74. The Bertz CT molecular complexity index is 163. The van der Waals surface area contributed by atoms with Crippen LogP contribution in [0.4, 0.5) is 0 Å². The van der Waals surface area contributed by atoms with Crippen molar-refractivity contribution in [1.29, 1.82) is 0 Å². The van der Waals surface area contributed by atoms with E-state index in [9.17, 15) is 4.79 Å².